The van der Waals surface area contributed by atoms with Crippen LogP contribution in [0.3, 0.4) is 0 Å². The molecule has 204 valence electrons. The number of carboxylic acids is 1. The third kappa shape index (κ3) is 5.49. The van der Waals surface area contributed by atoms with E-state index >= 15 is 0 Å². The van der Waals surface area contributed by atoms with Gasteiger partial charge in [0, 0.05) is 47.8 Å². The van der Waals surface area contributed by atoms with Gasteiger partial charge in [-0.1, -0.05) is 35.9 Å². The Labute approximate surface area is 229 Å². The fraction of sp³-hybridized carbons (Fsp3) is 0.406. The van der Waals surface area contributed by atoms with E-state index in [1.54, 1.807) is 0 Å². The minimum atomic E-state index is -0.895. The molecule has 3 aliphatic rings. The largest absolute Gasteiger partial charge is 0.490 e. The molecular formula is C32H35NO6. The summed E-state index contributed by atoms with van der Waals surface area (Å²) in [6, 6.07) is 13.9. The Morgan fingerprint density at radius 1 is 0.897 bits per heavy atom. The fourth-order valence-corrected chi connectivity index (χ4v) is 5.96. The van der Waals surface area contributed by atoms with E-state index in [1.165, 1.54) is 5.56 Å². The maximum atomic E-state index is 13.4. The molecule has 0 amide bonds. The molecule has 5 rings (SSSR count). The first kappa shape index (κ1) is 26.7. The number of hydrogen-bond donors (Lipinski definition) is 1. The van der Waals surface area contributed by atoms with Gasteiger partial charge in [0.25, 0.3) is 0 Å². The van der Waals surface area contributed by atoms with Crippen LogP contribution in [-0.2, 0) is 21.0 Å². The number of rotatable bonds is 9. The molecule has 1 aliphatic heterocycles. The quantitative estimate of drug-likeness (QED) is 0.435. The Morgan fingerprint density at radius 3 is 2.13 bits per heavy atom. The van der Waals surface area contributed by atoms with Crippen molar-refractivity contribution >= 4 is 17.5 Å². The highest BCUT2D eigenvalue weighted by Crippen LogP contribution is 2.50. The zero-order valence-electron chi connectivity index (χ0n) is 22.6. The van der Waals surface area contributed by atoms with E-state index in [-0.39, 0.29) is 24.5 Å². The van der Waals surface area contributed by atoms with Gasteiger partial charge in [-0.2, -0.15) is 0 Å². The first-order valence-electron chi connectivity index (χ1n) is 13.8. The molecule has 0 atom stereocenters. The minimum absolute atomic E-state index is 0.0316. The lowest BCUT2D eigenvalue weighted by Gasteiger charge is -2.44. The molecule has 39 heavy (non-hydrogen) atoms. The summed E-state index contributed by atoms with van der Waals surface area (Å²) >= 11 is 0. The molecular weight excluding hydrogens is 494 g/mol. The van der Waals surface area contributed by atoms with Crippen molar-refractivity contribution in [3.05, 3.63) is 81.7 Å². The van der Waals surface area contributed by atoms with Crippen LogP contribution in [0.1, 0.15) is 74.5 Å². The van der Waals surface area contributed by atoms with E-state index in [0.717, 1.165) is 35.4 Å². The number of ether oxygens (including phenoxy) is 2. The van der Waals surface area contributed by atoms with Crippen LogP contribution in [0.2, 0.25) is 0 Å². The van der Waals surface area contributed by atoms with Gasteiger partial charge in [0.05, 0.1) is 13.0 Å². The van der Waals surface area contributed by atoms with Crippen molar-refractivity contribution in [1.82, 2.24) is 4.90 Å². The van der Waals surface area contributed by atoms with Crippen molar-refractivity contribution in [2.45, 2.75) is 71.3 Å². The Bertz CT molecular complexity index is 1310. The van der Waals surface area contributed by atoms with Crippen LogP contribution in [0.15, 0.2) is 65.0 Å². The van der Waals surface area contributed by atoms with Crippen LogP contribution in [0.5, 0.6) is 11.5 Å². The first-order chi connectivity index (χ1) is 18.9. The molecule has 2 aliphatic carbocycles. The molecule has 2 aromatic rings. The summed E-state index contributed by atoms with van der Waals surface area (Å²) in [6.07, 6.45) is 3.63. The van der Waals surface area contributed by atoms with Crippen LogP contribution >= 0.6 is 0 Å². The lowest BCUT2D eigenvalue weighted by Crippen LogP contribution is -2.39. The van der Waals surface area contributed by atoms with Crippen LogP contribution in [0, 0.1) is 6.92 Å². The van der Waals surface area contributed by atoms with Gasteiger partial charge in [0.2, 0.25) is 0 Å². The summed E-state index contributed by atoms with van der Waals surface area (Å²) < 4.78 is 12.1. The standard InChI is InChI=1S/C32H35NO6/c1-3-38-28-18-22(14-15-27(28)39-19-21-12-10-20(2)11-13-21)30-31-23(6-4-8-25(31)34)33(17-16-29(36)37)24-7-5-9-26(35)32(24)30/h10-15,18,30H,3-9,16-17,19H2,1-2H3,(H,36,37). The van der Waals surface area contributed by atoms with Crippen LogP contribution in [-0.4, -0.2) is 40.7 Å². The van der Waals surface area contributed by atoms with Crippen LogP contribution in [0.25, 0.3) is 0 Å². The van der Waals surface area contributed by atoms with Crippen molar-refractivity contribution in [2.24, 2.45) is 0 Å². The van der Waals surface area contributed by atoms with E-state index in [2.05, 4.69) is 0 Å². The van der Waals surface area contributed by atoms with Gasteiger partial charge in [-0.05, 0) is 62.8 Å². The average Bonchev–Trinajstić information content (AvgIpc) is 2.92. The topological polar surface area (TPSA) is 93.1 Å². The number of carbonyl (C=O) groups is 3. The van der Waals surface area contributed by atoms with Crippen LogP contribution in [0.4, 0.5) is 0 Å². The second kappa shape index (κ2) is 11.5. The monoisotopic (exact) mass is 529 g/mol. The van der Waals surface area contributed by atoms with E-state index in [9.17, 15) is 19.5 Å². The Hall–Kier alpha value is -3.87. The zero-order valence-corrected chi connectivity index (χ0v) is 22.6. The summed E-state index contributed by atoms with van der Waals surface area (Å²) in [4.78, 5) is 40.3. The van der Waals surface area contributed by atoms with Gasteiger partial charge in [0.15, 0.2) is 23.1 Å². The van der Waals surface area contributed by atoms with E-state index < -0.39 is 11.9 Å². The number of aliphatic carboxylic acids is 1. The van der Waals surface area contributed by atoms with Crippen LogP contribution < -0.4 is 9.47 Å². The SMILES string of the molecule is CCOc1cc(C2C3=C(CCCC3=O)N(CCC(=O)O)C3=C2C(=O)CCC3)ccc1OCc1ccc(C)cc1. The lowest BCUT2D eigenvalue weighted by atomic mass is 9.71. The summed E-state index contributed by atoms with van der Waals surface area (Å²) in [5.41, 5.74) is 6.08. The molecule has 1 N–H and O–H groups in total. The second-order valence-corrected chi connectivity index (χ2v) is 10.4. The Kier molecular flexibility index (Phi) is 7.87. The predicted molar refractivity (Wildman–Crippen MR) is 147 cm³/mol. The highest BCUT2D eigenvalue weighted by Gasteiger charge is 2.43. The average molecular weight is 530 g/mol. The van der Waals surface area contributed by atoms with Gasteiger partial charge >= 0.3 is 5.97 Å². The molecule has 1 heterocycles. The third-order valence-electron chi connectivity index (χ3n) is 7.75. The van der Waals surface area contributed by atoms with Crippen molar-refractivity contribution in [1.29, 1.82) is 0 Å². The van der Waals surface area contributed by atoms with E-state index in [4.69, 9.17) is 9.47 Å². The smallest absolute Gasteiger partial charge is 0.305 e. The van der Waals surface area contributed by atoms with Crippen molar-refractivity contribution in [3.8, 4) is 11.5 Å². The Morgan fingerprint density at radius 2 is 1.54 bits per heavy atom. The molecule has 0 saturated carbocycles. The van der Waals surface area contributed by atoms with Gasteiger partial charge in [0.1, 0.15) is 6.61 Å². The molecule has 0 spiro atoms. The number of carbonyl (C=O) groups excluding carboxylic acids is 2. The highest BCUT2D eigenvalue weighted by molar-refractivity contribution is 6.06. The van der Waals surface area contributed by atoms with Crippen molar-refractivity contribution < 1.29 is 29.0 Å². The third-order valence-corrected chi connectivity index (χ3v) is 7.75. The normalized spacial score (nSPS) is 17.7. The van der Waals surface area contributed by atoms with E-state index in [0.29, 0.717) is 61.5 Å². The molecule has 2 aromatic carbocycles. The van der Waals surface area contributed by atoms with Crippen molar-refractivity contribution in [3.63, 3.8) is 0 Å². The molecule has 0 bridgehead atoms. The Balaban J connectivity index is 1.56. The number of carboxylic acid groups (broad SMARTS) is 1. The zero-order chi connectivity index (χ0) is 27.5. The summed E-state index contributed by atoms with van der Waals surface area (Å²) in [5, 5.41) is 9.39. The lowest BCUT2D eigenvalue weighted by molar-refractivity contribution is -0.137. The number of nitrogens with zero attached hydrogens (tertiary/aromatic N) is 1. The van der Waals surface area contributed by atoms with E-state index in [1.807, 2.05) is 61.2 Å². The number of hydrogen-bond acceptors (Lipinski definition) is 6. The number of allylic oxidation sites excluding steroid dienone is 4. The first-order valence-corrected chi connectivity index (χ1v) is 13.8. The number of ketones is 2. The number of aryl methyl sites for hydroxylation is 1. The molecule has 0 aromatic heterocycles. The van der Waals surface area contributed by atoms with Gasteiger partial charge < -0.3 is 19.5 Å². The maximum Gasteiger partial charge on any atom is 0.305 e. The molecule has 0 saturated heterocycles. The van der Waals surface area contributed by atoms with Gasteiger partial charge in [-0.3, -0.25) is 14.4 Å². The number of benzene rings is 2. The fourth-order valence-electron chi connectivity index (χ4n) is 5.96. The predicted octanol–water partition coefficient (Wildman–Crippen LogP) is 5.86. The summed E-state index contributed by atoms with van der Waals surface area (Å²) in [5.74, 6) is -0.136. The summed E-state index contributed by atoms with van der Waals surface area (Å²) in [6.45, 7) is 5.05. The number of Topliss-reactive ketones (excluding diaryl/α,β-unsaturated/α-hetero) is 2. The van der Waals surface area contributed by atoms with Gasteiger partial charge in [-0.15, -0.1) is 0 Å². The highest BCUT2D eigenvalue weighted by atomic mass is 16.5. The molecule has 0 unspecified atom stereocenters. The van der Waals surface area contributed by atoms with Gasteiger partial charge in [-0.25, -0.2) is 0 Å². The summed E-state index contributed by atoms with van der Waals surface area (Å²) in [7, 11) is 0. The molecule has 0 radical (unpaired) electrons. The van der Waals surface area contributed by atoms with Crippen molar-refractivity contribution in [2.75, 3.05) is 13.2 Å². The molecule has 7 nitrogen and oxygen atoms in total. The second-order valence-electron chi connectivity index (χ2n) is 10.4. The minimum Gasteiger partial charge on any atom is -0.490 e. The maximum absolute atomic E-state index is 13.4. The molecule has 0 fully saturated rings. The molecule has 7 heteroatoms.